The van der Waals surface area contributed by atoms with Crippen molar-refractivity contribution in [2.24, 2.45) is 0 Å². The smallest absolute Gasteiger partial charge is 0.348 e. The molecule has 0 aromatic rings. The van der Waals surface area contributed by atoms with E-state index in [1.54, 1.807) is 13.0 Å². The maximum Gasteiger partial charge on any atom is 0.348 e. The van der Waals surface area contributed by atoms with Gasteiger partial charge < -0.3 is 57.6 Å². The van der Waals surface area contributed by atoms with Gasteiger partial charge in [-0.3, -0.25) is 9.59 Å². The largest absolute Gasteiger partial charge is 0.574 e. The lowest BCUT2D eigenvalue weighted by Gasteiger charge is -2.45. The number of rotatable bonds is 13. The average Bonchev–Trinajstić information content (AvgIpc) is 3.18. The van der Waals surface area contributed by atoms with Gasteiger partial charge in [0.2, 0.25) is 0 Å². The molecule has 4 heterocycles. The van der Waals surface area contributed by atoms with Crippen molar-refractivity contribution in [1.29, 1.82) is 0 Å². The van der Waals surface area contributed by atoms with Gasteiger partial charge in [0.15, 0.2) is 11.6 Å². The summed E-state index contributed by atoms with van der Waals surface area (Å²) in [5.41, 5.74) is -1.88. The quantitative estimate of drug-likeness (QED) is 0.0628. The normalized spacial score (nSPS) is 27.6. The van der Waals surface area contributed by atoms with Crippen LogP contribution in [0.5, 0.6) is 0 Å². The Bertz CT molecular complexity index is 2170. The molecule has 1 aliphatic carbocycles. The molecule has 2 unspecified atom stereocenters. The topological polar surface area (TPSA) is 275 Å². The number of carbonyl (C=O) groups excluding carboxylic acids is 8. The van der Waals surface area contributed by atoms with E-state index >= 15 is 0 Å². The molecule has 2 spiro atoms. The minimum absolute atomic E-state index is 0.116. The zero-order valence-electron chi connectivity index (χ0n) is 33.4. The Kier molecular flexibility index (Phi) is 13.8. The summed E-state index contributed by atoms with van der Waals surface area (Å²) < 4.78 is 51.8. The number of cyclic esters (lactones) is 2. The highest BCUT2D eigenvalue weighted by molar-refractivity contribution is 6.16. The fourth-order valence-electron chi connectivity index (χ4n) is 6.23. The Morgan fingerprint density at radius 2 is 0.984 bits per heavy atom. The van der Waals surface area contributed by atoms with E-state index in [0.29, 0.717) is 0 Å². The Hall–Kier alpha value is -7.56. The number of allylic oxidation sites excluding steroid dienone is 8. The van der Waals surface area contributed by atoms with E-state index < -0.39 is 105 Å². The second-order valence-corrected chi connectivity index (χ2v) is 14.1. The van der Waals surface area contributed by atoms with Gasteiger partial charge in [-0.2, -0.15) is 0 Å². The SMILES string of the molecule is C#COC(=O)CCC1(C)OC(=O)C(/C=C/C=C/C=C2C(=O)OC3(CCC4(CC3)OC(=O)C(=C/C=C/C=C/C3=C([O-])OC(C)(CCC(=O)OCC)OC3=O)C(=O)O4)OC2=O)=C([O-])O1. The predicted octanol–water partition coefficient (Wildman–Crippen LogP) is 1.21. The Morgan fingerprint density at radius 1 is 0.597 bits per heavy atom. The van der Waals surface area contributed by atoms with Crippen LogP contribution in [0.15, 0.2) is 94.9 Å². The summed E-state index contributed by atoms with van der Waals surface area (Å²) in [5.74, 6) is -16.4. The molecule has 0 radical (unpaired) electrons. The van der Waals surface area contributed by atoms with Crippen molar-refractivity contribution < 1.29 is 95.9 Å². The van der Waals surface area contributed by atoms with Crippen molar-refractivity contribution in [3.05, 3.63) is 94.9 Å². The third kappa shape index (κ3) is 11.0. The molecule has 2 saturated heterocycles. The van der Waals surface area contributed by atoms with Crippen molar-refractivity contribution >= 4 is 47.8 Å². The number of hydrogen-bond acceptors (Lipinski definition) is 20. The van der Waals surface area contributed by atoms with Crippen LogP contribution in [0.25, 0.3) is 0 Å². The highest BCUT2D eigenvalue weighted by Crippen LogP contribution is 2.45. The zero-order chi connectivity index (χ0) is 45.3. The minimum Gasteiger partial charge on any atom is -0.574 e. The van der Waals surface area contributed by atoms with Crippen LogP contribution in [0.4, 0.5) is 0 Å². The first-order valence-electron chi connectivity index (χ1n) is 18.9. The molecule has 20 nitrogen and oxygen atoms in total. The molecule has 5 aliphatic rings. The van der Waals surface area contributed by atoms with Crippen LogP contribution in [-0.2, 0) is 85.7 Å². The van der Waals surface area contributed by atoms with Gasteiger partial charge in [-0.05, 0) is 45.1 Å². The van der Waals surface area contributed by atoms with E-state index in [4.69, 9.17) is 49.1 Å². The second kappa shape index (κ2) is 18.8. The number of hydrogen-bond donors (Lipinski definition) is 0. The second-order valence-electron chi connectivity index (χ2n) is 14.1. The third-order valence-corrected chi connectivity index (χ3v) is 9.42. The number of esters is 8. The van der Waals surface area contributed by atoms with Gasteiger partial charge in [-0.1, -0.05) is 42.9 Å². The summed E-state index contributed by atoms with van der Waals surface area (Å²) in [6.07, 6.45) is 16.9. The Balaban J connectivity index is 1.11. The molecule has 328 valence electrons. The van der Waals surface area contributed by atoms with E-state index in [1.807, 2.05) is 0 Å². The maximum atomic E-state index is 12.9. The molecule has 62 heavy (non-hydrogen) atoms. The lowest BCUT2D eigenvalue weighted by Crippen LogP contribution is -2.56. The third-order valence-electron chi connectivity index (χ3n) is 9.42. The van der Waals surface area contributed by atoms with Gasteiger partial charge in [-0.15, -0.1) is 0 Å². The number of terminal acetylenes is 1. The summed E-state index contributed by atoms with van der Waals surface area (Å²) in [5, 5.41) is 24.9. The average molecular weight is 863 g/mol. The molecule has 4 aliphatic heterocycles. The van der Waals surface area contributed by atoms with E-state index in [9.17, 15) is 48.6 Å². The van der Waals surface area contributed by atoms with Crippen LogP contribution in [0.1, 0.15) is 72.1 Å². The van der Waals surface area contributed by atoms with Crippen LogP contribution >= 0.6 is 0 Å². The molecule has 5 rings (SSSR count). The van der Waals surface area contributed by atoms with Crippen LogP contribution in [0.2, 0.25) is 0 Å². The first-order valence-corrected chi connectivity index (χ1v) is 18.9. The summed E-state index contributed by atoms with van der Waals surface area (Å²) in [4.78, 5) is 99.6. The molecule has 0 aromatic carbocycles. The highest BCUT2D eigenvalue weighted by atomic mass is 16.8. The van der Waals surface area contributed by atoms with Gasteiger partial charge in [0.05, 0.1) is 42.5 Å². The van der Waals surface area contributed by atoms with Crippen molar-refractivity contribution in [3.63, 3.8) is 0 Å². The van der Waals surface area contributed by atoms with Crippen molar-refractivity contribution in [2.75, 3.05) is 6.61 Å². The van der Waals surface area contributed by atoms with Crippen molar-refractivity contribution in [3.8, 4) is 12.5 Å². The maximum absolute atomic E-state index is 12.9. The Morgan fingerprint density at radius 3 is 1.34 bits per heavy atom. The van der Waals surface area contributed by atoms with Crippen LogP contribution in [-0.4, -0.2) is 77.5 Å². The molecule has 0 bridgehead atoms. The van der Waals surface area contributed by atoms with E-state index in [0.717, 1.165) is 24.3 Å². The van der Waals surface area contributed by atoms with Gasteiger partial charge in [-0.25, -0.2) is 28.8 Å². The van der Waals surface area contributed by atoms with Gasteiger partial charge in [0.25, 0.3) is 11.6 Å². The fourth-order valence-corrected chi connectivity index (χ4v) is 6.23. The predicted molar refractivity (Wildman–Crippen MR) is 196 cm³/mol. The summed E-state index contributed by atoms with van der Waals surface area (Å²) >= 11 is 0. The molecule has 20 heteroatoms. The summed E-state index contributed by atoms with van der Waals surface area (Å²) in [6, 6.07) is 0. The Labute approximate surface area is 352 Å². The summed E-state index contributed by atoms with van der Waals surface area (Å²) in [7, 11) is 0. The first-order chi connectivity index (χ1) is 29.3. The molecule has 1 saturated carbocycles. The fraction of sp³-hybridized carbons (Fsp3) is 0.381. The molecule has 0 N–H and O–H groups in total. The highest BCUT2D eigenvalue weighted by Gasteiger charge is 2.56. The number of ether oxygens (including phenoxy) is 10. The monoisotopic (exact) mass is 862 g/mol. The van der Waals surface area contributed by atoms with E-state index in [1.165, 1.54) is 50.3 Å². The zero-order valence-corrected chi connectivity index (χ0v) is 33.4. The van der Waals surface area contributed by atoms with Gasteiger partial charge in [0.1, 0.15) is 17.3 Å². The van der Waals surface area contributed by atoms with Crippen molar-refractivity contribution in [1.82, 2.24) is 0 Å². The van der Waals surface area contributed by atoms with E-state index in [-0.39, 0.29) is 58.0 Å². The molecule has 2 atom stereocenters. The minimum atomic E-state index is -1.74. The standard InChI is InChI=1S/C42H40O20/c1-5-53-29(43)17-19-39(3)55-31(45)25(32(46)56-39)13-9-7-11-15-27-35(49)59-41(60-36(27)50)21-23-42(24-22-41)61-37(51)28(38(52)62-42)16-12-8-10-14-26-33(47)57-40(4,58-34(26)48)20-18-30(44)54-6-2/h1,7-16,45,47H,6,17-24H2,2-4H3/p-2/b11-7+,12-8+,13-9+,14-10+,27-15?,28-16?. The van der Waals surface area contributed by atoms with Crippen LogP contribution in [0, 0.1) is 12.5 Å². The lowest BCUT2D eigenvalue weighted by atomic mass is 9.87. The number of carbonyl (C=O) groups is 8. The molecular formula is C42H38O20-2. The molecule has 3 fully saturated rings. The molecule has 0 amide bonds. The summed E-state index contributed by atoms with van der Waals surface area (Å²) in [6.45, 7) is 4.40. The lowest BCUT2D eigenvalue weighted by molar-refractivity contribution is -0.397. The first kappa shape index (κ1) is 45.5. The van der Waals surface area contributed by atoms with Crippen LogP contribution < -0.4 is 10.2 Å². The molecule has 0 aromatic heterocycles. The van der Waals surface area contributed by atoms with E-state index in [2.05, 4.69) is 4.74 Å². The van der Waals surface area contributed by atoms with Crippen LogP contribution in [0.3, 0.4) is 0 Å². The molecular weight excluding hydrogens is 824 g/mol. The van der Waals surface area contributed by atoms with Gasteiger partial charge in [0, 0.05) is 38.5 Å². The van der Waals surface area contributed by atoms with Gasteiger partial charge >= 0.3 is 47.8 Å². The van der Waals surface area contributed by atoms with Crippen molar-refractivity contribution in [2.45, 2.75) is 95.3 Å².